The third kappa shape index (κ3) is 5.14. The van der Waals surface area contributed by atoms with Gasteiger partial charge >= 0.3 is 5.97 Å². The maximum atomic E-state index is 12.2. The number of hydrogen-bond donors (Lipinski definition) is 1. The van der Waals surface area contributed by atoms with E-state index in [9.17, 15) is 9.59 Å². The molecule has 1 aliphatic rings. The number of carbonyl (C=O) groups excluding carboxylic acids is 2. The number of benzene rings is 2. The lowest BCUT2D eigenvalue weighted by atomic mass is 10.1. The van der Waals surface area contributed by atoms with Crippen molar-refractivity contribution in [3.63, 3.8) is 0 Å². The Kier molecular flexibility index (Phi) is 6.19. The molecule has 1 heterocycles. The molecule has 0 radical (unpaired) electrons. The van der Waals surface area contributed by atoms with E-state index in [0.29, 0.717) is 41.8 Å². The second kappa shape index (κ2) is 8.77. The van der Waals surface area contributed by atoms with Gasteiger partial charge in [0.1, 0.15) is 6.61 Å². The van der Waals surface area contributed by atoms with E-state index >= 15 is 0 Å². The van der Waals surface area contributed by atoms with Crippen LogP contribution in [-0.4, -0.2) is 25.1 Å². The summed E-state index contributed by atoms with van der Waals surface area (Å²) >= 11 is 6.25. The molecule has 142 valence electrons. The van der Waals surface area contributed by atoms with Crippen molar-refractivity contribution in [1.82, 2.24) is 5.32 Å². The zero-order valence-corrected chi connectivity index (χ0v) is 15.7. The molecular weight excluding hydrogens is 370 g/mol. The first-order chi connectivity index (χ1) is 13.0. The number of rotatable bonds is 5. The SMILES string of the molecule is CC(=O)NCc1ccc(C(=O)OCc2cc(Cl)c3c(c2)OCCCO3)cc1. The van der Waals surface area contributed by atoms with Gasteiger partial charge in [0, 0.05) is 19.9 Å². The van der Waals surface area contributed by atoms with Crippen LogP contribution in [0.1, 0.15) is 34.8 Å². The molecule has 6 nitrogen and oxygen atoms in total. The molecule has 0 unspecified atom stereocenters. The Morgan fingerprint density at radius 1 is 1.11 bits per heavy atom. The summed E-state index contributed by atoms with van der Waals surface area (Å²) in [5.74, 6) is 0.545. The lowest BCUT2D eigenvalue weighted by Gasteiger charge is -2.12. The first-order valence-electron chi connectivity index (χ1n) is 8.61. The summed E-state index contributed by atoms with van der Waals surface area (Å²) in [5.41, 5.74) is 2.05. The molecule has 0 bridgehead atoms. The van der Waals surface area contributed by atoms with Gasteiger partial charge in [-0.25, -0.2) is 4.79 Å². The van der Waals surface area contributed by atoms with Gasteiger partial charge in [0.05, 0.1) is 23.8 Å². The van der Waals surface area contributed by atoms with Crippen LogP contribution in [0.2, 0.25) is 5.02 Å². The van der Waals surface area contributed by atoms with Crippen molar-refractivity contribution < 1.29 is 23.8 Å². The number of ether oxygens (including phenoxy) is 3. The molecule has 3 rings (SSSR count). The molecule has 0 aliphatic carbocycles. The Balaban J connectivity index is 1.61. The zero-order chi connectivity index (χ0) is 19.2. The Bertz CT molecular complexity index is 835. The van der Waals surface area contributed by atoms with E-state index in [1.807, 2.05) is 0 Å². The fourth-order valence-electron chi connectivity index (χ4n) is 2.58. The monoisotopic (exact) mass is 389 g/mol. The fraction of sp³-hybridized carbons (Fsp3) is 0.300. The smallest absolute Gasteiger partial charge is 0.338 e. The average molecular weight is 390 g/mol. The molecule has 0 aromatic heterocycles. The van der Waals surface area contributed by atoms with Gasteiger partial charge in [-0.1, -0.05) is 23.7 Å². The minimum absolute atomic E-state index is 0.0723. The third-order valence-corrected chi connectivity index (χ3v) is 4.24. The fourth-order valence-corrected chi connectivity index (χ4v) is 2.87. The van der Waals surface area contributed by atoms with Gasteiger partial charge in [0.15, 0.2) is 11.5 Å². The molecule has 1 amide bonds. The van der Waals surface area contributed by atoms with Gasteiger partial charge in [0.2, 0.25) is 5.91 Å². The van der Waals surface area contributed by atoms with Gasteiger partial charge in [-0.3, -0.25) is 4.79 Å². The number of halogens is 1. The van der Waals surface area contributed by atoms with E-state index in [2.05, 4.69) is 5.32 Å². The molecular formula is C20H20ClNO5. The van der Waals surface area contributed by atoms with Gasteiger partial charge in [-0.05, 0) is 35.4 Å². The van der Waals surface area contributed by atoms with E-state index < -0.39 is 5.97 Å². The Labute approximate surface area is 162 Å². The maximum Gasteiger partial charge on any atom is 0.338 e. The van der Waals surface area contributed by atoms with E-state index in [-0.39, 0.29) is 12.5 Å². The van der Waals surface area contributed by atoms with Crippen LogP contribution >= 0.6 is 11.6 Å². The average Bonchev–Trinajstić information content (AvgIpc) is 2.91. The summed E-state index contributed by atoms with van der Waals surface area (Å²) < 4.78 is 16.6. The molecule has 0 spiro atoms. The van der Waals surface area contributed by atoms with Crippen LogP contribution in [0.25, 0.3) is 0 Å². The molecule has 1 aliphatic heterocycles. The Morgan fingerprint density at radius 2 is 1.85 bits per heavy atom. The molecule has 27 heavy (non-hydrogen) atoms. The van der Waals surface area contributed by atoms with E-state index in [4.69, 9.17) is 25.8 Å². The predicted molar refractivity (Wildman–Crippen MR) is 100 cm³/mol. The first-order valence-corrected chi connectivity index (χ1v) is 8.99. The summed E-state index contributed by atoms with van der Waals surface area (Å²) in [5, 5.41) is 3.14. The molecule has 2 aromatic carbocycles. The molecule has 1 N–H and O–H groups in total. The molecule has 0 fully saturated rings. The van der Waals surface area contributed by atoms with Crippen LogP contribution in [0.15, 0.2) is 36.4 Å². The van der Waals surface area contributed by atoms with Gasteiger partial charge in [-0.2, -0.15) is 0 Å². The first kappa shape index (κ1) is 19.0. The predicted octanol–water partition coefficient (Wildman–Crippen LogP) is 3.49. The molecule has 2 aromatic rings. The second-order valence-electron chi connectivity index (χ2n) is 6.14. The Morgan fingerprint density at radius 3 is 2.59 bits per heavy atom. The topological polar surface area (TPSA) is 73.9 Å². The summed E-state index contributed by atoms with van der Waals surface area (Å²) in [6.45, 7) is 3.05. The molecule has 0 saturated carbocycles. The highest BCUT2D eigenvalue weighted by atomic mass is 35.5. The number of nitrogens with one attached hydrogen (secondary N) is 1. The van der Waals surface area contributed by atoms with Crippen molar-refractivity contribution in [1.29, 1.82) is 0 Å². The highest BCUT2D eigenvalue weighted by Crippen LogP contribution is 2.38. The number of fused-ring (bicyclic) bond motifs is 1. The van der Waals surface area contributed by atoms with Gasteiger partial charge in [0.25, 0.3) is 0 Å². The molecule has 7 heteroatoms. The normalized spacial score (nSPS) is 12.8. The highest BCUT2D eigenvalue weighted by Gasteiger charge is 2.16. The third-order valence-electron chi connectivity index (χ3n) is 3.96. The summed E-state index contributed by atoms with van der Waals surface area (Å²) in [4.78, 5) is 23.2. The number of hydrogen-bond acceptors (Lipinski definition) is 5. The zero-order valence-electron chi connectivity index (χ0n) is 14.9. The van der Waals surface area contributed by atoms with Crippen molar-refractivity contribution in [2.45, 2.75) is 26.5 Å². The van der Waals surface area contributed by atoms with Crippen molar-refractivity contribution in [2.24, 2.45) is 0 Å². The van der Waals surface area contributed by atoms with Gasteiger partial charge < -0.3 is 19.5 Å². The van der Waals surface area contributed by atoms with Gasteiger partial charge in [-0.15, -0.1) is 0 Å². The van der Waals surface area contributed by atoms with Crippen LogP contribution in [0.5, 0.6) is 11.5 Å². The largest absolute Gasteiger partial charge is 0.489 e. The summed E-state index contributed by atoms with van der Waals surface area (Å²) in [6.07, 6.45) is 0.785. The van der Waals surface area contributed by atoms with Crippen LogP contribution in [0.4, 0.5) is 0 Å². The van der Waals surface area contributed by atoms with Crippen molar-refractivity contribution in [2.75, 3.05) is 13.2 Å². The maximum absolute atomic E-state index is 12.2. The quantitative estimate of drug-likeness (QED) is 0.792. The van der Waals surface area contributed by atoms with Crippen LogP contribution in [0.3, 0.4) is 0 Å². The lowest BCUT2D eigenvalue weighted by molar-refractivity contribution is -0.119. The standard InChI is InChI=1S/C20H20ClNO5/c1-13(23)22-11-14-3-5-16(6-4-14)20(24)27-12-15-9-17(21)19-18(10-15)25-7-2-8-26-19/h3-6,9-10H,2,7-8,11-12H2,1H3,(H,22,23). The number of amides is 1. The summed E-state index contributed by atoms with van der Waals surface area (Å²) in [7, 11) is 0. The van der Waals surface area contributed by atoms with E-state index in [1.54, 1.807) is 36.4 Å². The number of esters is 1. The number of carbonyl (C=O) groups is 2. The van der Waals surface area contributed by atoms with Crippen LogP contribution in [-0.2, 0) is 22.7 Å². The molecule has 0 atom stereocenters. The highest BCUT2D eigenvalue weighted by molar-refractivity contribution is 6.32. The summed E-state index contributed by atoms with van der Waals surface area (Å²) in [6, 6.07) is 10.4. The van der Waals surface area contributed by atoms with E-state index in [0.717, 1.165) is 17.5 Å². The van der Waals surface area contributed by atoms with Crippen LogP contribution < -0.4 is 14.8 Å². The van der Waals surface area contributed by atoms with Crippen LogP contribution in [0, 0.1) is 0 Å². The van der Waals surface area contributed by atoms with Crippen molar-refractivity contribution in [3.8, 4) is 11.5 Å². The van der Waals surface area contributed by atoms with Crippen molar-refractivity contribution >= 4 is 23.5 Å². The van der Waals surface area contributed by atoms with E-state index in [1.165, 1.54) is 6.92 Å². The van der Waals surface area contributed by atoms with Crippen molar-refractivity contribution in [3.05, 3.63) is 58.1 Å². The second-order valence-corrected chi connectivity index (χ2v) is 6.55. The lowest BCUT2D eigenvalue weighted by Crippen LogP contribution is -2.18. The minimum atomic E-state index is -0.440. The minimum Gasteiger partial charge on any atom is -0.489 e. The Hall–Kier alpha value is -2.73. The molecule has 0 saturated heterocycles.